The van der Waals surface area contributed by atoms with Gasteiger partial charge in [-0.05, 0) is 13.8 Å². The molecule has 6 nitrogen and oxygen atoms in total. The van der Waals surface area contributed by atoms with Gasteiger partial charge in [0, 0.05) is 52.7 Å². The number of nitrogens with zero attached hydrogens (tertiary/aromatic N) is 4. The van der Waals surface area contributed by atoms with Gasteiger partial charge < -0.3 is 15.5 Å². The minimum atomic E-state index is 0. The summed E-state index contributed by atoms with van der Waals surface area (Å²) in [6.45, 7) is 12.7. The molecule has 0 aromatic carbocycles. The lowest BCUT2D eigenvalue weighted by atomic mass is 10.3. The van der Waals surface area contributed by atoms with E-state index in [1.807, 2.05) is 9.80 Å². The molecule has 0 radical (unpaired) electrons. The summed E-state index contributed by atoms with van der Waals surface area (Å²) in [5.74, 6) is 0.802. The van der Waals surface area contributed by atoms with E-state index in [2.05, 4.69) is 23.7 Å². The number of amides is 1. The SMILES string of the molecule is CCN(CC)C(N)=NCCN1CCN(C(C)=O)CC1.I. The van der Waals surface area contributed by atoms with Gasteiger partial charge in [-0.2, -0.15) is 0 Å². The molecule has 0 atom stereocenters. The van der Waals surface area contributed by atoms with Crippen molar-refractivity contribution in [1.29, 1.82) is 0 Å². The Hall–Kier alpha value is -0.570. The number of aliphatic imine (C=N–C) groups is 1. The largest absolute Gasteiger partial charge is 0.370 e. The second-order valence-corrected chi connectivity index (χ2v) is 4.76. The van der Waals surface area contributed by atoms with Crippen LogP contribution in [0.2, 0.25) is 0 Å². The van der Waals surface area contributed by atoms with Gasteiger partial charge in [-0.3, -0.25) is 14.7 Å². The number of piperazine rings is 1. The molecule has 1 fully saturated rings. The number of halogens is 1. The van der Waals surface area contributed by atoms with Crippen LogP contribution < -0.4 is 5.73 Å². The average Bonchev–Trinajstić information content (AvgIpc) is 2.40. The smallest absolute Gasteiger partial charge is 0.219 e. The third-order valence-corrected chi connectivity index (χ3v) is 3.60. The first kappa shape index (κ1) is 19.4. The Kier molecular flexibility index (Phi) is 9.91. The molecule has 7 heteroatoms. The zero-order valence-corrected chi connectivity index (χ0v) is 15.2. The van der Waals surface area contributed by atoms with Crippen LogP contribution in [0.4, 0.5) is 0 Å². The van der Waals surface area contributed by atoms with Gasteiger partial charge in [0.15, 0.2) is 5.96 Å². The van der Waals surface area contributed by atoms with Gasteiger partial charge in [0.2, 0.25) is 5.91 Å². The van der Waals surface area contributed by atoms with Gasteiger partial charge >= 0.3 is 0 Å². The molecule has 20 heavy (non-hydrogen) atoms. The summed E-state index contributed by atoms with van der Waals surface area (Å²) in [6, 6.07) is 0. The van der Waals surface area contributed by atoms with Crippen molar-refractivity contribution < 1.29 is 4.79 Å². The van der Waals surface area contributed by atoms with Gasteiger partial charge in [-0.15, -0.1) is 24.0 Å². The molecule has 0 unspecified atom stereocenters. The Morgan fingerprint density at radius 2 is 1.75 bits per heavy atom. The number of carbonyl (C=O) groups is 1. The number of hydrogen-bond donors (Lipinski definition) is 1. The summed E-state index contributed by atoms with van der Waals surface area (Å²) in [5, 5.41) is 0. The molecule has 1 aliphatic rings. The molecule has 1 saturated heterocycles. The van der Waals surface area contributed by atoms with Gasteiger partial charge in [0.05, 0.1) is 6.54 Å². The first-order valence-corrected chi connectivity index (χ1v) is 7.11. The molecule has 118 valence electrons. The maximum atomic E-state index is 11.2. The molecule has 0 bridgehead atoms. The number of guanidine groups is 1. The predicted molar refractivity (Wildman–Crippen MR) is 93.5 cm³/mol. The molecule has 0 spiro atoms. The molecule has 2 N–H and O–H groups in total. The second-order valence-electron chi connectivity index (χ2n) is 4.76. The summed E-state index contributed by atoms with van der Waals surface area (Å²) >= 11 is 0. The zero-order chi connectivity index (χ0) is 14.3. The van der Waals surface area contributed by atoms with Crippen molar-refractivity contribution in [2.45, 2.75) is 20.8 Å². The van der Waals surface area contributed by atoms with E-state index >= 15 is 0 Å². The minimum absolute atomic E-state index is 0. The van der Waals surface area contributed by atoms with Gasteiger partial charge in [-0.1, -0.05) is 0 Å². The molecule has 0 aliphatic carbocycles. The quantitative estimate of drug-likeness (QED) is 0.415. The molecule has 0 aromatic rings. The lowest BCUT2D eigenvalue weighted by Crippen LogP contribution is -2.48. The predicted octanol–water partition coefficient (Wildman–Crippen LogP) is 0.425. The zero-order valence-electron chi connectivity index (χ0n) is 12.8. The van der Waals surface area contributed by atoms with E-state index in [4.69, 9.17) is 5.73 Å². The summed E-state index contributed by atoms with van der Waals surface area (Å²) in [6.07, 6.45) is 0. The molecule has 1 rings (SSSR count). The van der Waals surface area contributed by atoms with Crippen molar-refractivity contribution in [2.75, 3.05) is 52.4 Å². The standard InChI is InChI=1S/C13H27N5O.HI/c1-4-17(5-2)13(14)15-6-7-16-8-10-18(11-9-16)12(3)19;/h4-11H2,1-3H3,(H2,14,15);1H. The number of rotatable bonds is 5. The van der Waals surface area contributed by atoms with E-state index in [0.717, 1.165) is 52.4 Å². The summed E-state index contributed by atoms with van der Waals surface area (Å²) in [5.41, 5.74) is 5.92. The highest BCUT2D eigenvalue weighted by Crippen LogP contribution is 2.01. The van der Waals surface area contributed by atoms with Crippen LogP contribution in [0.15, 0.2) is 4.99 Å². The van der Waals surface area contributed by atoms with E-state index in [-0.39, 0.29) is 29.9 Å². The van der Waals surface area contributed by atoms with Crippen LogP contribution in [0.5, 0.6) is 0 Å². The normalized spacial score (nSPS) is 16.8. The maximum Gasteiger partial charge on any atom is 0.219 e. The molecular formula is C13H28IN5O. The monoisotopic (exact) mass is 397 g/mol. The maximum absolute atomic E-state index is 11.2. The van der Waals surface area contributed by atoms with Crippen LogP contribution in [-0.4, -0.2) is 78.9 Å². The Bertz CT molecular complexity index is 312. The molecule has 1 aliphatic heterocycles. The van der Waals surface area contributed by atoms with Crippen LogP contribution in [0, 0.1) is 0 Å². The highest BCUT2D eigenvalue weighted by atomic mass is 127. The van der Waals surface area contributed by atoms with E-state index in [0.29, 0.717) is 5.96 Å². The van der Waals surface area contributed by atoms with Crippen LogP contribution >= 0.6 is 24.0 Å². The Morgan fingerprint density at radius 3 is 2.20 bits per heavy atom. The Morgan fingerprint density at radius 1 is 1.20 bits per heavy atom. The number of nitrogens with two attached hydrogens (primary N) is 1. The molecular weight excluding hydrogens is 369 g/mol. The third kappa shape index (κ3) is 6.25. The summed E-state index contributed by atoms with van der Waals surface area (Å²) < 4.78 is 0. The van der Waals surface area contributed by atoms with E-state index < -0.39 is 0 Å². The summed E-state index contributed by atoms with van der Waals surface area (Å²) in [7, 11) is 0. The number of hydrogen-bond acceptors (Lipinski definition) is 3. The molecule has 0 aromatic heterocycles. The van der Waals surface area contributed by atoms with Crippen LogP contribution in [0.25, 0.3) is 0 Å². The highest BCUT2D eigenvalue weighted by Gasteiger charge is 2.17. The fourth-order valence-corrected chi connectivity index (χ4v) is 2.24. The van der Waals surface area contributed by atoms with Crippen molar-refractivity contribution in [3.05, 3.63) is 0 Å². The first-order chi connectivity index (χ1) is 9.08. The topological polar surface area (TPSA) is 65.2 Å². The van der Waals surface area contributed by atoms with Gasteiger partial charge in [0.25, 0.3) is 0 Å². The van der Waals surface area contributed by atoms with Crippen molar-refractivity contribution in [2.24, 2.45) is 10.7 Å². The van der Waals surface area contributed by atoms with Crippen molar-refractivity contribution in [3.8, 4) is 0 Å². The lowest BCUT2D eigenvalue weighted by Gasteiger charge is -2.33. The Balaban J connectivity index is 0.00000361. The van der Waals surface area contributed by atoms with E-state index in [1.54, 1.807) is 6.92 Å². The molecule has 1 amide bonds. The van der Waals surface area contributed by atoms with E-state index in [1.165, 1.54) is 0 Å². The number of carbonyl (C=O) groups excluding carboxylic acids is 1. The Labute approximate surface area is 139 Å². The van der Waals surface area contributed by atoms with Crippen LogP contribution in [0.1, 0.15) is 20.8 Å². The second kappa shape index (κ2) is 10.2. The fraction of sp³-hybridized carbons (Fsp3) is 0.846. The summed E-state index contributed by atoms with van der Waals surface area (Å²) in [4.78, 5) is 21.9. The van der Waals surface area contributed by atoms with E-state index in [9.17, 15) is 4.79 Å². The minimum Gasteiger partial charge on any atom is -0.370 e. The van der Waals surface area contributed by atoms with Gasteiger partial charge in [-0.25, -0.2) is 0 Å². The van der Waals surface area contributed by atoms with Crippen LogP contribution in [0.3, 0.4) is 0 Å². The van der Waals surface area contributed by atoms with Crippen molar-refractivity contribution >= 4 is 35.8 Å². The average molecular weight is 397 g/mol. The lowest BCUT2D eigenvalue weighted by molar-refractivity contribution is -0.130. The molecule has 1 heterocycles. The highest BCUT2D eigenvalue weighted by molar-refractivity contribution is 14.0. The molecule has 0 saturated carbocycles. The van der Waals surface area contributed by atoms with Crippen LogP contribution in [-0.2, 0) is 4.79 Å². The van der Waals surface area contributed by atoms with Gasteiger partial charge in [0.1, 0.15) is 0 Å². The third-order valence-electron chi connectivity index (χ3n) is 3.60. The van der Waals surface area contributed by atoms with Crippen molar-refractivity contribution in [3.63, 3.8) is 0 Å². The van der Waals surface area contributed by atoms with Crippen molar-refractivity contribution in [1.82, 2.24) is 14.7 Å². The fourth-order valence-electron chi connectivity index (χ4n) is 2.24. The first-order valence-electron chi connectivity index (χ1n) is 7.11.